The number of benzene rings is 2. The molecule has 0 aliphatic heterocycles. The van der Waals surface area contributed by atoms with Crippen LogP contribution in [0.15, 0.2) is 52.4 Å². The van der Waals surface area contributed by atoms with Gasteiger partial charge in [-0.2, -0.15) is 9.61 Å². The minimum absolute atomic E-state index is 0.127. The summed E-state index contributed by atoms with van der Waals surface area (Å²) in [5, 5.41) is 15.8. The van der Waals surface area contributed by atoms with Gasteiger partial charge in [-0.05, 0) is 54.8 Å². The third-order valence-electron chi connectivity index (χ3n) is 4.69. The van der Waals surface area contributed by atoms with Crippen LogP contribution in [-0.2, 0) is 11.2 Å². The lowest BCUT2D eigenvalue weighted by molar-refractivity contribution is -0.113. The van der Waals surface area contributed by atoms with E-state index in [4.69, 9.17) is 4.74 Å². The average molecular weight is 451 g/mol. The van der Waals surface area contributed by atoms with Crippen molar-refractivity contribution < 1.29 is 9.53 Å². The number of H-pyrrole nitrogens is 1. The predicted molar refractivity (Wildman–Crippen MR) is 122 cm³/mol. The van der Waals surface area contributed by atoms with Crippen LogP contribution in [0.5, 0.6) is 5.75 Å². The van der Waals surface area contributed by atoms with Crippen molar-refractivity contribution in [3.05, 3.63) is 75.2 Å². The quantitative estimate of drug-likeness (QED) is 0.416. The van der Waals surface area contributed by atoms with Crippen molar-refractivity contribution in [3.8, 4) is 5.75 Å². The van der Waals surface area contributed by atoms with Crippen LogP contribution in [0.1, 0.15) is 22.4 Å². The SMILES string of the molecule is COc1ccc(Cc2nn3c(SCC(=O)Nc4cc(C)cc(C)c4)nnc3[nH]c2=O)cc1. The van der Waals surface area contributed by atoms with Crippen LogP contribution in [0, 0.1) is 13.8 Å². The molecule has 164 valence electrons. The molecule has 2 aromatic carbocycles. The van der Waals surface area contributed by atoms with Crippen LogP contribution in [0.3, 0.4) is 0 Å². The molecule has 0 saturated carbocycles. The van der Waals surface area contributed by atoms with Gasteiger partial charge in [-0.3, -0.25) is 14.6 Å². The molecule has 0 radical (unpaired) electrons. The Morgan fingerprint density at radius 3 is 2.53 bits per heavy atom. The van der Waals surface area contributed by atoms with Crippen molar-refractivity contribution in [2.45, 2.75) is 25.4 Å². The van der Waals surface area contributed by atoms with E-state index >= 15 is 0 Å². The molecule has 0 aliphatic rings. The number of nitrogens with one attached hydrogen (secondary N) is 2. The molecule has 10 heteroatoms. The summed E-state index contributed by atoms with van der Waals surface area (Å²) in [4.78, 5) is 27.5. The van der Waals surface area contributed by atoms with E-state index in [0.29, 0.717) is 17.3 Å². The molecule has 0 unspecified atom stereocenters. The maximum Gasteiger partial charge on any atom is 0.274 e. The lowest BCUT2D eigenvalue weighted by Gasteiger charge is -2.07. The Bertz CT molecular complexity index is 1310. The monoisotopic (exact) mass is 450 g/mol. The number of rotatable bonds is 7. The lowest BCUT2D eigenvalue weighted by Crippen LogP contribution is -2.19. The highest BCUT2D eigenvalue weighted by Gasteiger charge is 2.14. The fraction of sp³-hybridized carbons (Fsp3) is 0.227. The summed E-state index contributed by atoms with van der Waals surface area (Å²) in [5.74, 6) is 0.926. The maximum atomic E-state index is 12.4. The Kier molecular flexibility index (Phi) is 6.22. The Morgan fingerprint density at radius 2 is 1.84 bits per heavy atom. The molecular weight excluding hydrogens is 428 g/mol. The second-order valence-corrected chi connectivity index (χ2v) is 8.30. The summed E-state index contributed by atoms with van der Waals surface area (Å²) in [6, 6.07) is 13.3. The average Bonchev–Trinajstić information content (AvgIpc) is 3.14. The van der Waals surface area contributed by atoms with Crippen molar-refractivity contribution in [1.29, 1.82) is 0 Å². The molecule has 0 atom stereocenters. The van der Waals surface area contributed by atoms with Gasteiger partial charge in [0.05, 0.1) is 12.9 Å². The number of hydrogen-bond donors (Lipinski definition) is 2. The number of fused-ring (bicyclic) bond motifs is 1. The van der Waals surface area contributed by atoms with Crippen LogP contribution in [0.4, 0.5) is 5.69 Å². The highest BCUT2D eigenvalue weighted by atomic mass is 32.2. The van der Waals surface area contributed by atoms with Gasteiger partial charge < -0.3 is 10.1 Å². The van der Waals surface area contributed by atoms with Crippen LogP contribution >= 0.6 is 11.8 Å². The van der Waals surface area contributed by atoms with Gasteiger partial charge in [-0.15, -0.1) is 10.2 Å². The second kappa shape index (κ2) is 9.23. The van der Waals surface area contributed by atoms with Gasteiger partial charge in [0.1, 0.15) is 11.4 Å². The van der Waals surface area contributed by atoms with Gasteiger partial charge in [0.15, 0.2) is 0 Å². The molecule has 4 aromatic rings. The number of ether oxygens (including phenoxy) is 1. The highest BCUT2D eigenvalue weighted by molar-refractivity contribution is 7.99. The topological polar surface area (TPSA) is 114 Å². The minimum atomic E-state index is -0.329. The summed E-state index contributed by atoms with van der Waals surface area (Å²) in [6.45, 7) is 3.96. The summed E-state index contributed by atoms with van der Waals surface area (Å²) in [7, 11) is 1.60. The number of carbonyl (C=O) groups is 1. The van der Waals surface area contributed by atoms with Crippen molar-refractivity contribution in [1.82, 2.24) is 24.8 Å². The molecular formula is C22H22N6O3S. The number of aryl methyl sites for hydroxylation is 2. The van der Waals surface area contributed by atoms with E-state index in [1.165, 1.54) is 16.3 Å². The minimum Gasteiger partial charge on any atom is -0.497 e. The Balaban J connectivity index is 1.48. The summed E-state index contributed by atoms with van der Waals surface area (Å²) >= 11 is 1.19. The van der Waals surface area contributed by atoms with E-state index in [1.54, 1.807) is 7.11 Å². The predicted octanol–water partition coefficient (Wildman–Crippen LogP) is 2.76. The number of hydrogen-bond acceptors (Lipinski definition) is 7. The van der Waals surface area contributed by atoms with Gasteiger partial charge in [-0.25, -0.2) is 0 Å². The van der Waals surface area contributed by atoms with Crippen LogP contribution in [0.2, 0.25) is 0 Å². The largest absolute Gasteiger partial charge is 0.497 e. The molecule has 2 heterocycles. The number of aromatic nitrogens is 5. The van der Waals surface area contributed by atoms with E-state index in [2.05, 4.69) is 25.6 Å². The smallest absolute Gasteiger partial charge is 0.274 e. The molecule has 4 rings (SSSR count). The molecule has 9 nitrogen and oxygen atoms in total. The number of thioether (sulfide) groups is 1. The van der Waals surface area contributed by atoms with Gasteiger partial charge in [0, 0.05) is 12.1 Å². The van der Waals surface area contributed by atoms with Crippen LogP contribution in [-0.4, -0.2) is 43.6 Å². The fourth-order valence-corrected chi connectivity index (χ4v) is 3.97. The van der Waals surface area contributed by atoms with E-state index in [-0.39, 0.29) is 23.0 Å². The third kappa shape index (κ3) is 4.97. The van der Waals surface area contributed by atoms with Gasteiger partial charge in [0.25, 0.3) is 11.3 Å². The zero-order valence-corrected chi connectivity index (χ0v) is 18.7. The molecule has 0 saturated heterocycles. The van der Waals surface area contributed by atoms with Gasteiger partial charge in [-0.1, -0.05) is 30.0 Å². The van der Waals surface area contributed by atoms with E-state index < -0.39 is 0 Å². The van der Waals surface area contributed by atoms with Gasteiger partial charge in [0.2, 0.25) is 11.1 Å². The zero-order chi connectivity index (χ0) is 22.7. The molecule has 2 N–H and O–H groups in total. The number of carbonyl (C=O) groups excluding carboxylic acids is 1. The summed E-state index contributed by atoms with van der Waals surface area (Å²) in [6.07, 6.45) is 0.338. The van der Waals surface area contributed by atoms with Crippen LogP contribution < -0.4 is 15.6 Å². The van der Waals surface area contributed by atoms with E-state index in [1.807, 2.05) is 56.3 Å². The zero-order valence-electron chi connectivity index (χ0n) is 17.9. The first-order valence-corrected chi connectivity index (χ1v) is 10.9. The first kappa shape index (κ1) is 21.6. The molecule has 32 heavy (non-hydrogen) atoms. The first-order chi connectivity index (χ1) is 15.4. The van der Waals surface area contributed by atoms with Crippen molar-refractivity contribution in [2.24, 2.45) is 0 Å². The third-order valence-corrected chi connectivity index (χ3v) is 5.61. The van der Waals surface area contributed by atoms with Crippen molar-refractivity contribution in [2.75, 3.05) is 18.2 Å². The summed E-state index contributed by atoms with van der Waals surface area (Å²) < 4.78 is 6.62. The molecule has 0 aliphatic carbocycles. The number of methoxy groups -OCH3 is 1. The molecule has 0 fully saturated rings. The normalized spacial score (nSPS) is 11.0. The van der Waals surface area contributed by atoms with E-state index in [9.17, 15) is 9.59 Å². The van der Waals surface area contributed by atoms with Crippen molar-refractivity contribution in [3.63, 3.8) is 0 Å². The molecule has 0 bridgehead atoms. The number of nitrogens with zero attached hydrogens (tertiary/aromatic N) is 4. The maximum absolute atomic E-state index is 12.4. The van der Waals surface area contributed by atoms with Gasteiger partial charge >= 0.3 is 0 Å². The second-order valence-electron chi connectivity index (χ2n) is 7.36. The Hall–Kier alpha value is -3.66. The van der Waals surface area contributed by atoms with Crippen LogP contribution in [0.25, 0.3) is 5.78 Å². The molecule has 2 aromatic heterocycles. The first-order valence-electron chi connectivity index (χ1n) is 9.90. The van der Waals surface area contributed by atoms with E-state index in [0.717, 1.165) is 28.1 Å². The summed E-state index contributed by atoms with van der Waals surface area (Å²) in [5.41, 5.74) is 3.82. The number of aromatic amines is 1. The number of anilines is 1. The van der Waals surface area contributed by atoms with Crippen molar-refractivity contribution >= 4 is 29.1 Å². The number of amides is 1. The molecule has 1 amide bonds. The standard InChI is InChI=1S/C22H22N6O3S/c1-13-8-14(2)10-16(9-13)23-19(29)12-32-22-26-25-21-24-20(30)18(27-28(21)22)11-15-4-6-17(31-3)7-5-15/h4-10H,11-12H2,1-3H3,(H,23,29)(H,24,25,30). The lowest BCUT2D eigenvalue weighted by atomic mass is 10.1. The Morgan fingerprint density at radius 1 is 1.12 bits per heavy atom. The fourth-order valence-electron chi connectivity index (χ4n) is 3.29. The molecule has 0 spiro atoms. The Labute approximate surface area is 188 Å². The highest BCUT2D eigenvalue weighted by Crippen LogP contribution is 2.18.